The van der Waals surface area contributed by atoms with Crippen LogP contribution in [0.15, 0.2) is 66.7 Å². The number of aromatic amines is 1. The molecular formula is C30H26Cl2N4O5. The zero-order chi connectivity index (χ0) is 28.5. The number of rotatable bonds is 7. The number of urea groups is 1. The second kappa shape index (κ2) is 11.3. The van der Waals surface area contributed by atoms with Gasteiger partial charge in [0, 0.05) is 39.7 Å². The SMILES string of the molecule is O=C1CN(CCCOc2ccc(C3c4[nH]c5ccc(Cl)cc5c4CCN3C(=O)Oc3ccc(Cl)cc3)cc2)C(=O)N1. The maximum atomic E-state index is 13.5. The minimum Gasteiger partial charge on any atom is -0.494 e. The Morgan fingerprint density at radius 2 is 1.68 bits per heavy atom. The highest BCUT2D eigenvalue weighted by Crippen LogP contribution is 2.40. The Morgan fingerprint density at radius 1 is 0.951 bits per heavy atom. The van der Waals surface area contributed by atoms with E-state index in [9.17, 15) is 14.4 Å². The molecule has 6 rings (SSSR count). The Balaban J connectivity index is 1.22. The first-order valence-corrected chi connectivity index (χ1v) is 14.0. The third-order valence-corrected chi connectivity index (χ3v) is 7.73. The molecule has 2 aliphatic rings. The van der Waals surface area contributed by atoms with E-state index < -0.39 is 12.1 Å². The van der Waals surface area contributed by atoms with Crippen molar-refractivity contribution in [2.24, 2.45) is 0 Å². The first-order valence-electron chi connectivity index (χ1n) is 13.2. The predicted octanol–water partition coefficient (Wildman–Crippen LogP) is 5.94. The molecule has 11 heteroatoms. The molecule has 1 unspecified atom stereocenters. The van der Waals surface area contributed by atoms with Crippen LogP contribution in [0.1, 0.15) is 29.3 Å². The average molecular weight is 593 g/mol. The molecular weight excluding hydrogens is 567 g/mol. The number of imide groups is 1. The number of hydrogen-bond acceptors (Lipinski definition) is 5. The van der Waals surface area contributed by atoms with Gasteiger partial charge in [-0.3, -0.25) is 15.0 Å². The molecule has 0 radical (unpaired) electrons. The number of ether oxygens (including phenoxy) is 2. The van der Waals surface area contributed by atoms with Crippen molar-refractivity contribution in [1.29, 1.82) is 0 Å². The zero-order valence-corrected chi connectivity index (χ0v) is 23.4. The van der Waals surface area contributed by atoms with Gasteiger partial charge in [-0.25, -0.2) is 9.59 Å². The third kappa shape index (κ3) is 5.68. The summed E-state index contributed by atoms with van der Waals surface area (Å²) in [5, 5.41) is 4.51. The van der Waals surface area contributed by atoms with Gasteiger partial charge in [-0.05, 0) is 78.6 Å². The number of aromatic nitrogens is 1. The number of fused-ring (bicyclic) bond motifs is 3. The summed E-state index contributed by atoms with van der Waals surface area (Å²) in [6.07, 6.45) is 0.754. The van der Waals surface area contributed by atoms with Crippen LogP contribution >= 0.6 is 23.2 Å². The Hall–Kier alpha value is -4.21. The highest BCUT2D eigenvalue weighted by atomic mass is 35.5. The molecule has 2 N–H and O–H groups in total. The average Bonchev–Trinajstić information content (AvgIpc) is 3.49. The molecule has 4 amide bonds. The minimum atomic E-state index is -0.468. The topological polar surface area (TPSA) is 104 Å². The second-order valence-corrected chi connectivity index (χ2v) is 10.8. The summed E-state index contributed by atoms with van der Waals surface area (Å²) >= 11 is 12.3. The van der Waals surface area contributed by atoms with Gasteiger partial charge in [0.15, 0.2) is 0 Å². The van der Waals surface area contributed by atoms with Crippen LogP contribution in [0, 0.1) is 0 Å². The fourth-order valence-corrected chi connectivity index (χ4v) is 5.62. The molecule has 2 aliphatic heterocycles. The summed E-state index contributed by atoms with van der Waals surface area (Å²) < 4.78 is 11.6. The van der Waals surface area contributed by atoms with Crippen LogP contribution in [-0.2, 0) is 11.2 Å². The van der Waals surface area contributed by atoms with Gasteiger partial charge in [-0.15, -0.1) is 0 Å². The molecule has 0 saturated carbocycles. The van der Waals surface area contributed by atoms with Crippen molar-refractivity contribution in [2.45, 2.75) is 18.9 Å². The predicted molar refractivity (Wildman–Crippen MR) is 155 cm³/mol. The van der Waals surface area contributed by atoms with Gasteiger partial charge in [0.2, 0.25) is 5.91 Å². The summed E-state index contributed by atoms with van der Waals surface area (Å²) in [7, 11) is 0. The lowest BCUT2D eigenvalue weighted by atomic mass is 9.92. The Morgan fingerprint density at radius 3 is 2.41 bits per heavy atom. The molecule has 210 valence electrons. The first-order chi connectivity index (χ1) is 19.9. The van der Waals surface area contributed by atoms with Crippen molar-refractivity contribution in [2.75, 3.05) is 26.2 Å². The molecule has 41 heavy (non-hydrogen) atoms. The van der Waals surface area contributed by atoms with Gasteiger partial charge in [0.1, 0.15) is 24.1 Å². The van der Waals surface area contributed by atoms with E-state index in [1.165, 1.54) is 4.90 Å². The van der Waals surface area contributed by atoms with Crippen LogP contribution in [0.4, 0.5) is 9.59 Å². The van der Waals surface area contributed by atoms with Crippen LogP contribution in [0.5, 0.6) is 11.5 Å². The van der Waals surface area contributed by atoms with Crippen LogP contribution in [0.2, 0.25) is 10.0 Å². The minimum absolute atomic E-state index is 0.0772. The molecule has 1 fully saturated rings. The number of H-pyrrole nitrogens is 1. The van der Waals surface area contributed by atoms with Crippen molar-refractivity contribution in [3.63, 3.8) is 0 Å². The van der Waals surface area contributed by atoms with Gasteiger partial charge in [-0.1, -0.05) is 35.3 Å². The van der Waals surface area contributed by atoms with Gasteiger partial charge < -0.3 is 19.4 Å². The molecule has 1 aromatic heterocycles. The highest BCUT2D eigenvalue weighted by molar-refractivity contribution is 6.31. The number of benzene rings is 3. The molecule has 0 spiro atoms. The maximum Gasteiger partial charge on any atom is 0.416 e. The summed E-state index contributed by atoms with van der Waals surface area (Å²) in [6.45, 7) is 1.34. The Labute approximate surface area is 245 Å². The number of carbonyl (C=O) groups excluding carboxylic acids is 3. The molecule has 0 bridgehead atoms. The monoisotopic (exact) mass is 592 g/mol. The van der Waals surface area contributed by atoms with Gasteiger partial charge in [-0.2, -0.15) is 0 Å². The van der Waals surface area contributed by atoms with E-state index in [4.69, 9.17) is 32.7 Å². The number of carbonyl (C=O) groups is 3. The third-order valence-electron chi connectivity index (χ3n) is 7.25. The highest BCUT2D eigenvalue weighted by Gasteiger charge is 2.36. The van der Waals surface area contributed by atoms with E-state index in [1.54, 1.807) is 29.2 Å². The van der Waals surface area contributed by atoms with E-state index in [-0.39, 0.29) is 18.5 Å². The van der Waals surface area contributed by atoms with Crippen molar-refractivity contribution in [1.82, 2.24) is 20.1 Å². The Kier molecular flexibility index (Phi) is 7.47. The molecule has 9 nitrogen and oxygen atoms in total. The summed E-state index contributed by atoms with van der Waals surface area (Å²) in [5.41, 5.74) is 3.86. The lowest BCUT2D eigenvalue weighted by Gasteiger charge is -2.35. The van der Waals surface area contributed by atoms with Crippen LogP contribution in [0.25, 0.3) is 10.9 Å². The quantitative estimate of drug-likeness (QED) is 0.204. The fourth-order valence-electron chi connectivity index (χ4n) is 5.32. The molecule has 4 aromatic rings. The van der Waals surface area contributed by atoms with Crippen molar-refractivity contribution >= 4 is 52.1 Å². The molecule has 1 atom stereocenters. The van der Waals surface area contributed by atoms with Gasteiger partial charge in [0.05, 0.1) is 6.61 Å². The van der Waals surface area contributed by atoms with Gasteiger partial charge in [0.25, 0.3) is 0 Å². The number of nitrogens with one attached hydrogen (secondary N) is 2. The van der Waals surface area contributed by atoms with Crippen molar-refractivity contribution in [3.8, 4) is 11.5 Å². The zero-order valence-electron chi connectivity index (χ0n) is 21.9. The molecule has 1 saturated heterocycles. The molecule has 3 aromatic carbocycles. The summed E-state index contributed by atoms with van der Waals surface area (Å²) in [6, 6.07) is 19.2. The standard InChI is InChI=1S/C30H26Cl2N4O5/c31-19-4-9-22(10-5-19)41-30(39)36-14-12-23-24-16-20(32)6-11-25(24)33-27(23)28(36)18-2-7-21(8-3-18)40-15-1-13-35-17-26(37)34-29(35)38/h2-11,16,28,33H,1,12-15,17H2,(H,34,37,38). The number of amides is 4. The van der Waals surface area contributed by atoms with Crippen molar-refractivity contribution in [3.05, 3.63) is 93.6 Å². The normalized spacial score (nSPS) is 16.6. The van der Waals surface area contributed by atoms with E-state index in [0.29, 0.717) is 54.1 Å². The lowest BCUT2D eigenvalue weighted by molar-refractivity contribution is -0.118. The van der Waals surface area contributed by atoms with Crippen molar-refractivity contribution < 1.29 is 23.9 Å². The first kappa shape index (κ1) is 27.0. The lowest BCUT2D eigenvalue weighted by Crippen LogP contribution is -2.42. The summed E-state index contributed by atoms with van der Waals surface area (Å²) in [4.78, 5) is 43.2. The molecule has 0 aliphatic carbocycles. The fraction of sp³-hybridized carbons (Fsp3) is 0.233. The van der Waals surface area contributed by atoms with E-state index in [2.05, 4.69) is 10.3 Å². The smallest absolute Gasteiger partial charge is 0.416 e. The van der Waals surface area contributed by atoms with E-state index in [0.717, 1.165) is 27.7 Å². The number of hydrogen-bond donors (Lipinski definition) is 2. The largest absolute Gasteiger partial charge is 0.494 e. The number of nitrogens with zero attached hydrogens (tertiary/aromatic N) is 2. The van der Waals surface area contributed by atoms with Gasteiger partial charge >= 0.3 is 12.1 Å². The number of halogens is 2. The van der Waals surface area contributed by atoms with E-state index >= 15 is 0 Å². The summed E-state index contributed by atoms with van der Waals surface area (Å²) in [5.74, 6) is 0.777. The second-order valence-electron chi connectivity index (χ2n) is 9.92. The Bertz CT molecular complexity index is 1620. The van der Waals surface area contributed by atoms with Crippen LogP contribution < -0.4 is 14.8 Å². The van der Waals surface area contributed by atoms with Crippen LogP contribution in [-0.4, -0.2) is 59.1 Å². The van der Waals surface area contributed by atoms with Crippen LogP contribution in [0.3, 0.4) is 0 Å². The maximum absolute atomic E-state index is 13.5. The molecule has 3 heterocycles. The van der Waals surface area contributed by atoms with E-state index in [1.807, 2.05) is 42.5 Å².